The summed E-state index contributed by atoms with van der Waals surface area (Å²) in [5, 5.41) is 2.85. The van der Waals surface area contributed by atoms with Crippen LogP contribution in [0.5, 0.6) is 0 Å². The van der Waals surface area contributed by atoms with Crippen molar-refractivity contribution in [2.24, 2.45) is 0 Å². The molecule has 0 radical (unpaired) electrons. The van der Waals surface area contributed by atoms with Crippen molar-refractivity contribution < 1.29 is 4.39 Å². The smallest absolute Gasteiger partial charge is 0.123 e. The van der Waals surface area contributed by atoms with Gasteiger partial charge in [-0.15, -0.1) is 0 Å². The van der Waals surface area contributed by atoms with Gasteiger partial charge in [-0.25, -0.2) is 4.39 Å². The lowest BCUT2D eigenvalue weighted by Crippen LogP contribution is -2.37. The molecule has 0 aliphatic carbocycles. The van der Waals surface area contributed by atoms with Gasteiger partial charge in [0.1, 0.15) is 16.1 Å². The molecule has 17 heavy (non-hydrogen) atoms. The summed E-state index contributed by atoms with van der Waals surface area (Å²) in [6.45, 7) is 0.658. The molecule has 1 N–H and O–H groups in total. The first-order valence-electron chi connectivity index (χ1n) is 5.17. The second-order valence-electron chi connectivity index (χ2n) is 3.64. The van der Waals surface area contributed by atoms with E-state index in [-0.39, 0.29) is 5.82 Å². The fourth-order valence-corrected chi connectivity index (χ4v) is 1.86. The molecular formula is C12H11Cl2FN2. The van der Waals surface area contributed by atoms with Crippen molar-refractivity contribution in [2.45, 2.75) is 6.42 Å². The zero-order valence-corrected chi connectivity index (χ0v) is 10.5. The Morgan fingerprint density at radius 3 is 2.53 bits per heavy atom. The lowest BCUT2D eigenvalue weighted by atomic mass is 10.1. The minimum Gasteiger partial charge on any atom is -0.287 e. The molecule has 5 heteroatoms. The Hall–Kier alpha value is -1.19. The molecule has 1 aromatic rings. The Labute approximate surface area is 109 Å². The fourth-order valence-electron chi connectivity index (χ4n) is 1.51. The van der Waals surface area contributed by atoms with Crippen LogP contribution in [0.25, 0.3) is 0 Å². The zero-order chi connectivity index (χ0) is 12.3. The second-order valence-corrected chi connectivity index (χ2v) is 4.44. The first-order valence-corrected chi connectivity index (χ1v) is 5.92. The third kappa shape index (κ3) is 3.38. The van der Waals surface area contributed by atoms with Gasteiger partial charge in [0.15, 0.2) is 0 Å². The molecule has 90 valence electrons. The summed E-state index contributed by atoms with van der Waals surface area (Å²) in [5.74, 6) is -0.228. The van der Waals surface area contributed by atoms with Gasteiger partial charge in [-0.2, -0.15) is 0 Å². The molecule has 0 spiro atoms. The number of nitrogens with one attached hydrogen (secondary N) is 1. The first-order chi connectivity index (χ1) is 8.15. The predicted octanol–water partition coefficient (Wildman–Crippen LogP) is 3.35. The average molecular weight is 273 g/mol. The Kier molecular flexibility index (Phi) is 3.92. The van der Waals surface area contributed by atoms with Gasteiger partial charge in [0.25, 0.3) is 0 Å². The molecule has 2 rings (SSSR count). The van der Waals surface area contributed by atoms with Gasteiger partial charge >= 0.3 is 0 Å². The third-order valence-corrected chi connectivity index (χ3v) is 2.94. The van der Waals surface area contributed by atoms with Crippen molar-refractivity contribution in [1.29, 1.82) is 0 Å². The maximum absolute atomic E-state index is 12.7. The van der Waals surface area contributed by atoms with E-state index < -0.39 is 0 Å². The molecule has 1 aliphatic rings. The monoisotopic (exact) mass is 272 g/mol. The summed E-state index contributed by atoms with van der Waals surface area (Å²) in [4.78, 5) is 0. The molecular weight excluding hydrogens is 262 g/mol. The summed E-state index contributed by atoms with van der Waals surface area (Å²) in [6, 6.07) is 6.41. The van der Waals surface area contributed by atoms with E-state index in [4.69, 9.17) is 23.2 Å². The van der Waals surface area contributed by atoms with Crippen molar-refractivity contribution in [2.75, 3.05) is 6.54 Å². The summed E-state index contributed by atoms with van der Waals surface area (Å²) < 4.78 is 12.7. The van der Waals surface area contributed by atoms with Crippen LogP contribution in [0.1, 0.15) is 5.56 Å². The summed E-state index contributed by atoms with van der Waals surface area (Å²) >= 11 is 11.8. The molecule has 1 aliphatic heterocycles. The number of allylic oxidation sites excluding steroid dienone is 2. The molecule has 0 aromatic heterocycles. The highest BCUT2D eigenvalue weighted by Crippen LogP contribution is 2.16. The molecule has 0 fully saturated rings. The topological polar surface area (TPSA) is 15.3 Å². The zero-order valence-electron chi connectivity index (χ0n) is 8.96. The highest BCUT2D eigenvalue weighted by molar-refractivity contribution is 6.31. The minimum atomic E-state index is -0.228. The van der Waals surface area contributed by atoms with E-state index in [1.165, 1.54) is 12.1 Å². The minimum absolute atomic E-state index is 0.228. The van der Waals surface area contributed by atoms with Gasteiger partial charge in [-0.05, 0) is 36.3 Å². The SMILES string of the molecule is Fc1ccc(CCN2NC(Cl)=CC=C2Cl)cc1. The Morgan fingerprint density at radius 1 is 1.12 bits per heavy atom. The van der Waals surface area contributed by atoms with E-state index in [0.717, 1.165) is 12.0 Å². The van der Waals surface area contributed by atoms with Crippen molar-refractivity contribution >= 4 is 23.2 Å². The van der Waals surface area contributed by atoms with E-state index in [9.17, 15) is 4.39 Å². The van der Waals surface area contributed by atoms with Gasteiger partial charge in [-0.1, -0.05) is 35.3 Å². The van der Waals surface area contributed by atoms with Gasteiger partial charge in [-0.3, -0.25) is 10.4 Å². The van der Waals surface area contributed by atoms with Crippen molar-refractivity contribution in [1.82, 2.24) is 10.4 Å². The standard InChI is InChI=1S/C12H11Cl2FN2/c13-11-5-6-12(14)17(16-11)8-7-9-1-3-10(15)4-2-9/h1-6,16H,7-8H2. The second kappa shape index (κ2) is 5.43. The molecule has 0 saturated heterocycles. The van der Waals surface area contributed by atoms with Crippen LogP contribution in [0, 0.1) is 5.82 Å². The maximum atomic E-state index is 12.7. The third-order valence-electron chi connectivity index (χ3n) is 2.40. The molecule has 0 atom stereocenters. The van der Waals surface area contributed by atoms with E-state index in [1.807, 2.05) is 0 Å². The van der Waals surface area contributed by atoms with Crippen molar-refractivity contribution in [3.05, 3.63) is 58.1 Å². The van der Waals surface area contributed by atoms with Crippen LogP contribution in [0.3, 0.4) is 0 Å². The number of hydrazine groups is 1. The van der Waals surface area contributed by atoms with Crippen LogP contribution in [0.4, 0.5) is 4.39 Å². The number of benzene rings is 1. The molecule has 2 nitrogen and oxygen atoms in total. The Balaban J connectivity index is 1.93. The number of halogens is 3. The van der Waals surface area contributed by atoms with Gasteiger partial charge < -0.3 is 0 Å². The quantitative estimate of drug-likeness (QED) is 0.849. The van der Waals surface area contributed by atoms with Crippen LogP contribution in [-0.2, 0) is 6.42 Å². The fraction of sp³-hybridized carbons (Fsp3) is 0.167. The van der Waals surface area contributed by atoms with E-state index in [2.05, 4.69) is 5.43 Å². The highest BCUT2D eigenvalue weighted by Gasteiger charge is 2.11. The van der Waals surface area contributed by atoms with Crippen LogP contribution in [0.2, 0.25) is 0 Å². The largest absolute Gasteiger partial charge is 0.287 e. The molecule has 1 heterocycles. The predicted molar refractivity (Wildman–Crippen MR) is 67.8 cm³/mol. The van der Waals surface area contributed by atoms with Gasteiger partial charge in [0.05, 0.1) is 0 Å². The van der Waals surface area contributed by atoms with E-state index in [0.29, 0.717) is 16.9 Å². The molecule has 0 bridgehead atoms. The number of hydrogen-bond acceptors (Lipinski definition) is 2. The molecule has 0 unspecified atom stereocenters. The highest BCUT2D eigenvalue weighted by atomic mass is 35.5. The first kappa shape index (κ1) is 12.3. The number of rotatable bonds is 3. The van der Waals surface area contributed by atoms with Crippen LogP contribution < -0.4 is 5.43 Å². The average Bonchev–Trinajstić information content (AvgIpc) is 2.32. The maximum Gasteiger partial charge on any atom is 0.123 e. The van der Waals surface area contributed by atoms with Crippen LogP contribution in [0.15, 0.2) is 46.7 Å². The summed E-state index contributed by atoms with van der Waals surface area (Å²) in [7, 11) is 0. The van der Waals surface area contributed by atoms with Crippen LogP contribution >= 0.6 is 23.2 Å². The molecule has 0 amide bonds. The lowest BCUT2D eigenvalue weighted by Gasteiger charge is -2.27. The van der Waals surface area contributed by atoms with E-state index >= 15 is 0 Å². The summed E-state index contributed by atoms with van der Waals surface area (Å²) in [6.07, 6.45) is 4.17. The van der Waals surface area contributed by atoms with Gasteiger partial charge in [0.2, 0.25) is 0 Å². The Bertz CT molecular complexity index is 454. The lowest BCUT2D eigenvalue weighted by molar-refractivity contribution is 0.300. The van der Waals surface area contributed by atoms with Crippen molar-refractivity contribution in [3.63, 3.8) is 0 Å². The molecule has 1 aromatic carbocycles. The van der Waals surface area contributed by atoms with Gasteiger partial charge in [0, 0.05) is 6.54 Å². The Morgan fingerprint density at radius 2 is 1.82 bits per heavy atom. The van der Waals surface area contributed by atoms with Crippen LogP contribution in [-0.4, -0.2) is 11.6 Å². The number of hydrogen-bond donors (Lipinski definition) is 1. The van der Waals surface area contributed by atoms with E-state index in [1.54, 1.807) is 29.3 Å². The number of nitrogens with zero attached hydrogens (tertiary/aromatic N) is 1. The molecule has 0 saturated carbocycles. The van der Waals surface area contributed by atoms with Crippen molar-refractivity contribution in [3.8, 4) is 0 Å². The summed E-state index contributed by atoms with van der Waals surface area (Å²) in [5.41, 5.74) is 3.98. The normalized spacial score (nSPS) is 15.1.